The zero-order valence-electron chi connectivity index (χ0n) is 11.2. The van der Waals surface area contributed by atoms with E-state index in [1.807, 2.05) is 31.2 Å². The molecule has 4 nitrogen and oxygen atoms in total. The molecule has 0 unspecified atom stereocenters. The largest absolute Gasteiger partial charge is 0.453 e. The van der Waals surface area contributed by atoms with Gasteiger partial charge in [0.1, 0.15) is 5.60 Å². The van der Waals surface area contributed by atoms with Crippen molar-refractivity contribution >= 4 is 11.9 Å². The van der Waals surface area contributed by atoms with Crippen molar-refractivity contribution < 1.29 is 14.3 Å². The van der Waals surface area contributed by atoms with Crippen LogP contribution in [-0.2, 0) is 20.9 Å². The summed E-state index contributed by atoms with van der Waals surface area (Å²) in [5.41, 5.74) is 1.40. The summed E-state index contributed by atoms with van der Waals surface area (Å²) in [7, 11) is 0. The van der Waals surface area contributed by atoms with E-state index in [1.165, 1.54) is 0 Å². The average Bonchev–Trinajstić information content (AvgIpc) is 2.25. The number of hydrogen-bond donors (Lipinski definition) is 1. The zero-order chi connectivity index (χ0) is 13.8. The van der Waals surface area contributed by atoms with E-state index >= 15 is 0 Å². The van der Waals surface area contributed by atoms with E-state index in [-0.39, 0.29) is 0 Å². The second kappa shape index (κ2) is 5.67. The number of aryl methyl sites for hydroxylation is 1. The first-order valence-electron chi connectivity index (χ1n) is 5.85. The van der Waals surface area contributed by atoms with Gasteiger partial charge in [-0.05, 0) is 38.8 Å². The van der Waals surface area contributed by atoms with Crippen LogP contribution in [0.15, 0.2) is 24.3 Å². The van der Waals surface area contributed by atoms with Gasteiger partial charge in [-0.15, -0.1) is 0 Å². The fraction of sp³-hybridized carbons (Fsp3) is 0.429. The molecular weight excluding hydrogens is 230 g/mol. The Balaban J connectivity index is 2.52. The lowest BCUT2D eigenvalue weighted by Crippen LogP contribution is -2.36. The van der Waals surface area contributed by atoms with Crippen molar-refractivity contribution in [1.29, 1.82) is 0 Å². The standard InChI is InChI=1S/C14H19NO3/c1-10-7-5-6-8-11(10)9-15-12(16)13(17)18-14(2,3)4/h5-8H,9H2,1-4H3,(H,15,16). The van der Waals surface area contributed by atoms with E-state index in [2.05, 4.69) is 5.32 Å². The van der Waals surface area contributed by atoms with Crippen LogP contribution in [0.5, 0.6) is 0 Å². The molecule has 0 aliphatic carbocycles. The molecule has 1 amide bonds. The molecule has 0 spiro atoms. The Morgan fingerprint density at radius 2 is 1.83 bits per heavy atom. The van der Waals surface area contributed by atoms with E-state index in [0.29, 0.717) is 6.54 Å². The number of carbonyl (C=O) groups is 2. The highest BCUT2D eigenvalue weighted by atomic mass is 16.6. The summed E-state index contributed by atoms with van der Waals surface area (Å²) in [5, 5.41) is 2.55. The van der Waals surface area contributed by atoms with Crippen LogP contribution in [0.25, 0.3) is 0 Å². The van der Waals surface area contributed by atoms with Gasteiger partial charge in [0.25, 0.3) is 0 Å². The monoisotopic (exact) mass is 249 g/mol. The summed E-state index contributed by atoms with van der Waals surface area (Å²) in [6.45, 7) is 7.44. The van der Waals surface area contributed by atoms with Gasteiger partial charge in [-0.3, -0.25) is 4.79 Å². The van der Waals surface area contributed by atoms with Crippen molar-refractivity contribution in [2.75, 3.05) is 0 Å². The van der Waals surface area contributed by atoms with Crippen LogP contribution in [0.2, 0.25) is 0 Å². The Kier molecular flexibility index (Phi) is 4.48. The number of amides is 1. The molecule has 0 saturated heterocycles. The molecule has 0 heterocycles. The molecular formula is C14H19NO3. The number of hydrogen-bond acceptors (Lipinski definition) is 3. The normalized spacial score (nSPS) is 10.9. The number of nitrogens with one attached hydrogen (secondary N) is 1. The minimum absolute atomic E-state index is 0.324. The summed E-state index contributed by atoms with van der Waals surface area (Å²) < 4.78 is 4.97. The summed E-state index contributed by atoms with van der Waals surface area (Å²) in [5.74, 6) is -1.57. The summed E-state index contributed by atoms with van der Waals surface area (Å²) in [4.78, 5) is 23.0. The second-order valence-corrected chi connectivity index (χ2v) is 5.11. The van der Waals surface area contributed by atoms with Crippen molar-refractivity contribution in [3.63, 3.8) is 0 Å². The third-order valence-corrected chi connectivity index (χ3v) is 2.28. The van der Waals surface area contributed by atoms with Crippen LogP contribution in [0.1, 0.15) is 31.9 Å². The van der Waals surface area contributed by atoms with Gasteiger partial charge in [-0.25, -0.2) is 4.79 Å². The summed E-state index contributed by atoms with van der Waals surface area (Å²) in [6, 6.07) is 7.68. The molecule has 0 atom stereocenters. The van der Waals surface area contributed by atoms with Crippen molar-refractivity contribution in [1.82, 2.24) is 5.32 Å². The smallest absolute Gasteiger partial charge is 0.397 e. The van der Waals surface area contributed by atoms with Gasteiger partial charge < -0.3 is 10.1 Å². The molecule has 0 aliphatic heterocycles. The topological polar surface area (TPSA) is 55.4 Å². The number of benzene rings is 1. The lowest BCUT2D eigenvalue weighted by molar-refractivity contribution is -0.163. The number of esters is 1. The molecule has 0 bridgehead atoms. The molecule has 0 aliphatic rings. The summed E-state index contributed by atoms with van der Waals surface area (Å²) in [6.07, 6.45) is 0. The van der Waals surface area contributed by atoms with Crippen LogP contribution in [0, 0.1) is 6.92 Å². The maximum Gasteiger partial charge on any atom is 0.397 e. The average molecular weight is 249 g/mol. The molecule has 1 rings (SSSR count). The van der Waals surface area contributed by atoms with E-state index in [1.54, 1.807) is 20.8 Å². The SMILES string of the molecule is Cc1ccccc1CNC(=O)C(=O)OC(C)(C)C. The Bertz CT molecular complexity index is 447. The molecule has 0 aromatic heterocycles. The van der Waals surface area contributed by atoms with Crippen LogP contribution < -0.4 is 5.32 Å². The first-order chi connectivity index (χ1) is 8.29. The third kappa shape index (κ3) is 4.57. The summed E-state index contributed by atoms with van der Waals surface area (Å²) >= 11 is 0. The highest BCUT2D eigenvalue weighted by molar-refractivity contribution is 6.32. The minimum atomic E-state index is -0.851. The molecule has 0 saturated carbocycles. The minimum Gasteiger partial charge on any atom is -0.453 e. The molecule has 1 aromatic carbocycles. The fourth-order valence-electron chi connectivity index (χ4n) is 1.38. The zero-order valence-corrected chi connectivity index (χ0v) is 11.2. The lowest BCUT2D eigenvalue weighted by atomic mass is 10.1. The van der Waals surface area contributed by atoms with Gasteiger partial charge in [-0.2, -0.15) is 0 Å². The van der Waals surface area contributed by atoms with Gasteiger partial charge in [0.15, 0.2) is 0 Å². The fourth-order valence-corrected chi connectivity index (χ4v) is 1.38. The van der Waals surface area contributed by atoms with Crippen LogP contribution in [0.3, 0.4) is 0 Å². The van der Waals surface area contributed by atoms with E-state index in [4.69, 9.17) is 4.74 Å². The lowest BCUT2D eigenvalue weighted by Gasteiger charge is -2.18. The molecule has 1 aromatic rings. The third-order valence-electron chi connectivity index (χ3n) is 2.28. The maximum atomic E-state index is 11.5. The predicted octanol–water partition coefficient (Wildman–Crippen LogP) is 1.95. The van der Waals surface area contributed by atoms with Gasteiger partial charge >= 0.3 is 11.9 Å². The number of ether oxygens (including phenoxy) is 1. The van der Waals surface area contributed by atoms with Crippen LogP contribution in [-0.4, -0.2) is 17.5 Å². The van der Waals surface area contributed by atoms with Crippen LogP contribution in [0.4, 0.5) is 0 Å². The van der Waals surface area contributed by atoms with Crippen LogP contribution >= 0.6 is 0 Å². The molecule has 1 N–H and O–H groups in total. The second-order valence-electron chi connectivity index (χ2n) is 5.11. The molecule has 98 valence electrons. The molecule has 0 radical (unpaired) electrons. The Hall–Kier alpha value is -1.84. The predicted molar refractivity (Wildman–Crippen MR) is 68.9 cm³/mol. The van der Waals surface area contributed by atoms with Crippen molar-refractivity contribution in [2.24, 2.45) is 0 Å². The quantitative estimate of drug-likeness (QED) is 0.644. The first-order valence-corrected chi connectivity index (χ1v) is 5.85. The molecule has 4 heteroatoms. The van der Waals surface area contributed by atoms with Gasteiger partial charge in [0.05, 0.1) is 0 Å². The molecule has 18 heavy (non-hydrogen) atoms. The van der Waals surface area contributed by atoms with Gasteiger partial charge in [0, 0.05) is 6.54 Å². The first kappa shape index (κ1) is 14.2. The van der Waals surface area contributed by atoms with Crippen molar-refractivity contribution in [2.45, 2.75) is 39.8 Å². The van der Waals surface area contributed by atoms with E-state index in [9.17, 15) is 9.59 Å². The van der Waals surface area contributed by atoms with Crippen molar-refractivity contribution in [3.05, 3.63) is 35.4 Å². The van der Waals surface area contributed by atoms with Gasteiger partial charge in [0.2, 0.25) is 0 Å². The Labute approximate surface area is 107 Å². The Morgan fingerprint density at radius 3 is 2.39 bits per heavy atom. The van der Waals surface area contributed by atoms with E-state index in [0.717, 1.165) is 11.1 Å². The Morgan fingerprint density at radius 1 is 1.22 bits per heavy atom. The van der Waals surface area contributed by atoms with Gasteiger partial charge in [-0.1, -0.05) is 24.3 Å². The van der Waals surface area contributed by atoms with E-state index < -0.39 is 17.5 Å². The van der Waals surface area contributed by atoms with Crippen molar-refractivity contribution in [3.8, 4) is 0 Å². The maximum absolute atomic E-state index is 11.5. The number of rotatable bonds is 2. The highest BCUT2D eigenvalue weighted by Crippen LogP contribution is 2.08. The highest BCUT2D eigenvalue weighted by Gasteiger charge is 2.22. The number of carbonyl (C=O) groups excluding carboxylic acids is 2. The molecule has 0 fully saturated rings.